The summed E-state index contributed by atoms with van der Waals surface area (Å²) in [7, 11) is 1.92. The average molecular weight is 266 g/mol. The van der Waals surface area contributed by atoms with Crippen molar-refractivity contribution in [3.8, 4) is 0 Å². The van der Waals surface area contributed by atoms with E-state index in [0.717, 1.165) is 12.8 Å². The van der Waals surface area contributed by atoms with Gasteiger partial charge in [0, 0.05) is 24.7 Å². The van der Waals surface area contributed by atoms with Crippen LogP contribution in [0, 0.1) is 10.1 Å². The largest absolute Gasteiger partial charge is 0.358 e. The second-order valence-corrected chi connectivity index (χ2v) is 5.12. The minimum Gasteiger partial charge on any atom is -0.358 e. The molecule has 1 aromatic rings. The van der Waals surface area contributed by atoms with E-state index in [2.05, 4.69) is 17.2 Å². The standard InChI is InChI=1S/C12H18N4O3/c1-12(13-2)5-7-15(8-6-12)11(17)9-3-4-10(14-9)16(18)19/h3-4,13-14H,5-8H2,1-2H3. The van der Waals surface area contributed by atoms with E-state index in [4.69, 9.17) is 0 Å². The first-order valence-corrected chi connectivity index (χ1v) is 6.27. The topological polar surface area (TPSA) is 91.3 Å². The lowest BCUT2D eigenvalue weighted by atomic mass is 9.90. The first kappa shape index (κ1) is 13.5. The summed E-state index contributed by atoms with van der Waals surface area (Å²) in [5.74, 6) is -0.327. The van der Waals surface area contributed by atoms with Crippen molar-refractivity contribution < 1.29 is 9.72 Å². The highest BCUT2D eigenvalue weighted by molar-refractivity contribution is 5.93. The van der Waals surface area contributed by atoms with Gasteiger partial charge in [-0.3, -0.25) is 4.79 Å². The summed E-state index contributed by atoms with van der Waals surface area (Å²) < 4.78 is 0. The molecular weight excluding hydrogens is 248 g/mol. The third kappa shape index (κ3) is 2.76. The summed E-state index contributed by atoms with van der Waals surface area (Å²) >= 11 is 0. The predicted molar refractivity (Wildman–Crippen MR) is 70.0 cm³/mol. The van der Waals surface area contributed by atoms with Crippen molar-refractivity contribution in [2.45, 2.75) is 25.3 Å². The number of nitro groups is 1. The van der Waals surface area contributed by atoms with Crippen LogP contribution in [-0.2, 0) is 0 Å². The fourth-order valence-corrected chi connectivity index (χ4v) is 2.24. The van der Waals surface area contributed by atoms with E-state index < -0.39 is 4.92 Å². The molecule has 19 heavy (non-hydrogen) atoms. The molecule has 104 valence electrons. The Morgan fingerprint density at radius 3 is 2.58 bits per heavy atom. The number of amides is 1. The number of carbonyl (C=O) groups is 1. The van der Waals surface area contributed by atoms with Gasteiger partial charge in [-0.25, -0.2) is 4.98 Å². The molecule has 0 aliphatic carbocycles. The molecule has 1 aliphatic heterocycles. The number of hydrogen-bond donors (Lipinski definition) is 2. The number of nitrogens with one attached hydrogen (secondary N) is 2. The maximum absolute atomic E-state index is 12.2. The lowest BCUT2D eigenvalue weighted by molar-refractivity contribution is -0.389. The van der Waals surface area contributed by atoms with Gasteiger partial charge in [0.1, 0.15) is 0 Å². The van der Waals surface area contributed by atoms with Gasteiger partial charge in [0.2, 0.25) is 0 Å². The van der Waals surface area contributed by atoms with E-state index in [1.807, 2.05) is 7.05 Å². The molecule has 1 aromatic heterocycles. The Hall–Kier alpha value is -1.89. The summed E-state index contributed by atoms with van der Waals surface area (Å²) in [4.78, 5) is 26.5. The van der Waals surface area contributed by atoms with E-state index in [1.165, 1.54) is 12.1 Å². The lowest BCUT2D eigenvalue weighted by Gasteiger charge is -2.38. The van der Waals surface area contributed by atoms with Crippen LogP contribution in [0.25, 0.3) is 0 Å². The second kappa shape index (κ2) is 5.00. The van der Waals surface area contributed by atoms with Gasteiger partial charge >= 0.3 is 5.82 Å². The Bertz CT molecular complexity index is 489. The monoisotopic (exact) mass is 266 g/mol. The van der Waals surface area contributed by atoms with E-state index in [1.54, 1.807) is 4.90 Å². The van der Waals surface area contributed by atoms with Crippen LogP contribution in [0.3, 0.4) is 0 Å². The first-order valence-electron chi connectivity index (χ1n) is 6.27. The molecule has 7 heteroatoms. The Morgan fingerprint density at radius 1 is 1.47 bits per heavy atom. The third-order valence-corrected chi connectivity index (χ3v) is 3.86. The molecule has 0 aromatic carbocycles. The smallest absolute Gasteiger partial charge is 0.321 e. The molecule has 0 atom stereocenters. The minimum atomic E-state index is -0.537. The highest BCUT2D eigenvalue weighted by Crippen LogP contribution is 2.22. The van der Waals surface area contributed by atoms with Crippen molar-refractivity contribution >= 4 is 11.7 Å². The van der Waals surface area contributed by atoms with Crippen LogP contribution in [0.15, 0.2) is 12.1 Å². The Kier molecular flexibility index (Phi) is 3.57. The van der Waals surface area contributed by atoms with Crippen LogP contribution in [0.4, 0.5) is 5.82 Å². The fourth-order valence-electron chi connectivity index (χ4n) is 2.24. The summed E-state index contributed by atoms with van der Waals surface area (Å²) in [6.07, 6.45) is 1.75. The van der Waals surface area contributed by atoms with Crippen LogP contribution in [0.5, 0.6) is 0 Å². The van der Waals surface area contributed by atoms with E-state index >= 15 is 0 Å². The van der Waals surface area contributed by atoms with Crippen LogP contribution in [0.2, 0.25) is 0 Å². The number of nitrogens with zero attached hydrogens (tertiary/aromatic N) is 2. The molecule has 1 saturated heterocycles. The van der Waals surface area contributed by atoms with Gasteiger partial charge in [0.15, 0.2) is 5.69 Å². The molecule has 2 rings (SSSR count). The summed E-state index contributed by atoms with van der Waals surface area (Å²) in [6, 6.07) is 2.78. The Balaban J connectivity index is 2.03. The van der Waals surface area contributed by atoms with Crippen LogP contribution in [0.1, 0.15) is 30.3 Å². The highest BCUT2D eigenvalue weighted by atomic mass is 16.6. The van der Waals surface area contributed by atoms with Gasteiger partial charge in [-0.1, -0.05) is 0 Å². The van der Waals surface area contributed by atoms with Crippen molar-refractivity contribution in [3.05, 3.63) is 27.9 Å². The van der Waals surface area contributed by atoms with Crippen LogP contribution < -0.4 is 5.32 Å². The number of piperidine rings is 1. The lowest BCUT2D eigenvalue weighted by Crippen LogP contribution is -2.51. The molecule has 0 unspecified atom stereocenters. The van der Waals surface area contributed by atoms with Crippen molar-refractivity contribution in [2.75, 3.05) is 20.1 Å². The molecule has 1 aliphatic rings. The molecule has 2 heterocycles. The molecule has 0 saturated carbocycles. The Morgan fingerprint density at radius 2 is 2.11 bits per heavy atom. The number of likely N-dealkylation sites (tertiary alicyclic amines) is 1. The molecule has 0 bridgehead atoms. The van der Waals surface area contributed by atoms with Crippen LogP contribution >= 0.6 is 0 Å². The van der Waals surface area contributed by atoms with Gasteiger partial charge in [-0.2, -0.15) is 0 Å². The normalized spacial score (nSPS) is 18.3. The van der Waals surface area contributed by atoms with E-state index in [0.29, 0.717) is 13.1 Å². The molecule has 0 radical (unpaired) electrons. The number of aromatic amines is 1. The molecule has 2 N–H and O–H groups in total. The number of rotatable bonds is 3. The third-order valence-electron chi connectivity index (χ3n) is 3.86. The van der Waals surface area contributed by atoms with Crippen molar-refractivity contribution in [3.63, 3.8) is 0 Å². The summed E-state index contributed by atoms with van der Waals surface area (Å²) in [6.45, 7) is 3.44. The fraction of sp³-hybridized carbons (Fsp3) is 0.583. The van der Waals surface area contributed by atoms with Gasteiger partial charge < -0.3 is 20.3 Å². The van der Waals surface area contributed by atoms with Gasteiger partial charge in [-0.15, -0.1) is 0 Å². The minimum absolute atomic E-state index is 0.0680. The Labute approximate surface area is 111 Å². The zero-order valence-electron chi connectivity index (χ0n) is 11.1. The number of H-pyrrole nitrogens is 1. The average Bonchev–Trinajstić information content (AvgIpc) is 2.88. The van der Waals surface area contributed by atoms with Gasteiger partial charge in [-0.05, 0) is 37.8 Å². The van der Waals surface area contributed by atoms with Crippen molar-refractivity contribution in [2.24, 2.45) is 0 Å². The number of carbonyl (C=O) groups excluding carboxylic acids is 1. The molecule has 0 spiro atoms. The zero-order valence-corrected chi connectivity index (χ0v) is 11.1. The first-order chi connectivity index (χ1) is 8.95. The van der Waals surface area contributed by atoms with Crippen molar-refractivity contribution in [1.29, 1.82) is 0 Å². The molecule has 1 amide bonds. The predicted octanol–water partition coefficient (Wildman–Crippen LogP) is 1.14. The maximum atomic E-state index is 12.2. The quantitative estimate of drug-likeness (QED) is 0.634. The maximum Gasteiger partial charge on any atom is 0.321 e. The SMILES string of the molecule is CNC1(C)CCN(C(=O)c2ccc([N+](=O)[O-])[nH]2)CC1. The highest BCUT2D eigenvalue weighted by Gasteiger charge is 2.32. The summed E-state index contributed by atoms with van der Waals surface area (Å²) in [5.41, 5.74) is 0.346. The van der Waals surface area contributed by atoms with Crippen molar-refractivity contribution in [1.82, 2.24) is 15.2 Å². The molecule has 1 fully saturated rings. The molecular formula is C12H18N4O3. The zero-order chi connectivity index (χ0) is 14.0. The number of aromatic nitrogens is 1. The second-order valence-electron chi connectivity index (χ2n) is 5.12. The van der Waals surface area contributed by atoms with E-state index in [-0.39, 0.29) is 23.0 Å². The summed E-state index contributed by atoms with van der Waals surface area (Å²) in [5, 5.41) is 13.8. The molecule has 7 nitrogen and oxygen atoms in total. The van der Waals surface area contributed by atoms with Gasteiger partial charge in [0.25, 0.3) is 5.91 Å². The van der Waals surface area contributed by atoms with Gasteiger partial charge in [0.05, 0.1) is 0 Å². The van der Waals surface area contributed by atoms with E-state index in [9.17, 15) is 14.9 Å². The van der Waals surface area contributed by atoms with Crippen LogP contribution in [-0.4, -0.2) is 46.4 Å². The number of hydrogen-bond acceptors (Lipinski definition) is 4.